The van der Waals surface area contributed by atoms with Crippen LogP contribution in [0.4, 0.5) is 0 Å². The zero-order valence-electron chi connectivity index (χ0n) is 9.08. The summed E-state index contributed by atoms with van der Waals surface area (Å²) in [7, 11) is 0. The van der Waals surface area contributed by atoms with Gasteiger partial charge in [-0.2, -0.15) is 0 Å². The topological polar surface area (TPSA) is 34.1 Å². The van der Waals surface area contributed by atoms with Crippen molar-refractivity contribution in [2.75, 3.05) is 0 Å². The predicted octanol–water partition coefficient (Wildman–Crippen LogP) is 2.36. The molecule has 0 aromatic heterocycles. The minimum absolute atomic E-state index is 0.194. The Morgan fingerprint density at radius 1 is 0.867 bits per heavy atom. The molecule has 0 spiro atoms. The van der Waals surface area contributed by atoms with Gasteiger partial charge in [-0.1, -0.05) is 6.42 Å². The maximum atomic E-state index is 11.4. The van der Waals surface area contributed by atoms with Gasteiger partial charge in [0.25, 0.3) is 0 Å². The Hall–Kier alpha value is -0.660. The first kappa shape index (κ1) is 9.56. The Labute approximate surface area is 90.4 Å². The molecule has 0 saturated heterocycles. The molecule has 0 heterocycles. The SMILES string of the molecule is O=C1CC(=O)CC(C2CC3CCC2C3)C1. The molecule has 15 heavy (non-hydrogen) atoms. The van der Waals surface area contributed by atoms with Crippen LogP contribution in [0.15, 0.2) is 0 Å². The maximum absolute atomic E-state index is 11.4. The summed E-state index contributed by atoms with van der Waals surface area (Å²) in [5.74, 6) is 3.27. The first-order valence-electron chi connectivity index (χ1n) is 6.26. The number of rotatable bonds is 1. The Morgan fingerprint density at radius 2 is 1.60 bits per heavy atom. The van der Waals surface area contributed by atoms with Gasteiger partial charge in [-0.15, -0.1) is 0 Å². The Morgan fingerprint density at radius 3 is 2.13 bits per heavy atom. The van der Waals surface area contributed by atoms with E-state index in [1.54, 1.807) is 0 Å². The minimum atomic E-state index is 0.194. The summed E-state index contributed by atoms with van der Waals surface area (Å²) in [6, 6.07) is 0. The summed E-state index contributed by atoms with van der Waals surface area (Å²) in [4.78, 5) is 22.9. The second kappa shape index (κ2) is 3.43. The van der Waals surface area contributed by atoms with E-state index in [4.69, 9.17) is 0 Å². The molecule has 0 aromatic rings. The highest BCUT2D eigenvalue weighted by Gasteiger charge is 2.44. The van der Waals surface area contributed by atoms with Crippen LogP contribution in [-0.4, -0.2) is 11.6 Å². The van der Waals surface area contributed by atoms with Crippen molar-refractivity contribution >= 4 is 11.6 Å². The molecule has 0 N–H and O–H groups in total. The molecule has 2 bridgehead atoms. The standard InChI is InChI=1S/C13H18O2/c14-11-5-10(6-12(15)7-11)13-4-8-1-2-9(13)3-8/h8-10,13H,1-7H2. The Kier molecular flexibility index (Phi) is 2.18. The van der Waals surface area contributed by atoms with Gasteiger partial charge in [0.15, 0.2) is 0 Å². The highest BCUT2D eigenvalue weighted by atomic mass is 16.1. The molecule has 3 rings (SSSR count). The van der Waals surface area contributed by atoms with E-state index in [2.05, 4.69) is 0 Å². The van der Waals surface area contributed by atoms with Crippen LogP contribution in [0, 0.1) is 23.7 Å². The van der Waals surface area contributed by atoms with Crippen LogP contribution < -0.4 is 0 Å². The molecule has 3 fully saturated rings. The largest absolute Gasteiger partial charge is 0.299 e. The van der Waals surface area contributed by atoms with E-state index < -0.39 is 0 Å². The monoisotopic (exact) mass is 206 g/mol. The van der Waals surface area contributed by atoms with E-state index in [9.17, 15) is 9.59 Å². The molecule has 82 valence electrons. The summed E-state index contributed by atoms with van der Waals surface area (Å²) >= 11 is 0. The van der Waals surface area contributed by atoms with Crippen molar-refractivity contribution in [2.24, 2.45) is 23.7 Å². The fourth-order valence-electron chi connectivity index (χ4n) is 4.20. The summed E-state index contributed by atoms with van der Waals surface area (Å²) in [5, 5.41) is 0. The molecular formula is C13H18O2. The highest BCUT2D eigenvalue weighted by molar-refractivity contribution is 6.01. The third-order valence-corrected chi connectivity index (χ3v) is 4.77. The fourth-order valence-corrected chi connectivity index (χ4v) is 4.20. The van der Waals surface area contributed by atoms with Crippen LogP contribution >= 0.6 is 0 Å². The lowest BCUT2D eigenvalue weighted by molar-refractivity contribution is -0.132. The van der Waals surface area contributed by atoms with Gasteiger partial charge in [0, 0.05) is 12.8 Å². The molecule has 2 nitrogen and oxygen atoms in total. The molecule has 0 aliphatic heterocycles. The molecule has 0 amide bonds. The Balaban J connectivity index is 1.71. The van der Waals surface area contributed by atoms with E-state index >= 15 is 0 Å². The lowest BCUT2D eigenvalue weighted by atomic mass is 9.72. The molecule has 3 saturated carbocycles. The second-order valence-electron chi connectivity index (χ2n) is 5.76. The molecule has 3 atom stereocenters. The van der Waals surface area contributed by atoms with E-state index in [1.165, 1.54) is 25.7 Å². The summed E-state index contributed by atoms with van der Waals surface area (Å²) in [6.45, 7) is 0. The van der Waals surface area contributed by atoms with E-state index in [0.717, 1.165) is 11.8 Å². The van der Waals surface area contributed by atoms with Crippen LogP contribution in [0.3, 0.4) is 0 Å². The third kappa shape index (κ3) is 1.64. The number of fused-ring (bicyclic) bond motifs is 2. The molecule has 0 aromatic carbocycles. The van der Waals surface area contributed by atoms with Crippen LogP contribution in [-0.2, 0) is 9.59 Å². The number of carbonyl (C=O) groups excluding carboxylic acids is 2. The quantitative estimate of drug-likeness (QED) is 0.617. The minimum Gasteiger partial charge on any atom is -0.299 e. The predicted molar refractivity (Wildman–Crippen MR) is 56.3 cm³/mol. The van der Waals surface area contributed by atoms with Crippen molar-refractivity contribution in [3.05, 3.63) is 0 Å². The van der Waals surface area contributed by atoms with E-state index in [-0.39, 0.29) is 18.0 Å². The summed E-state index contributed by atoms with van der Waals surface area (Å²) < 4.78 is 0. The second-order valence-corrected chi connectivity index (χ2v) is 5.76. The fraction of sp³-hybridized carbons (Fsp3) is 0.846. The van der Waals surface area contributed by atoms with Crippen molar-refractivity contribution in [1.82, 2.24) is 0 Å². The van der Waals surface area contributed by atoms with Gasteiger partial charge in [0.2, 0.25) is 0 Å². The van der Waals surface area contributed by atoms with Gasteiger partial charge in [0.05, 0.1) is 6.42 Å². The van der Waals surface area contributed by atoms with Gasteiger partial charge >= 0.3 is 0 Å². The number of hydrogen-bond donors (Lipinski definition) is 0. The van der Waals surface area contributed by atoms with Gasteiger partial charge in [-0.25, -0.2) is 0 Å². The Bertz CT molecular complexity index is 292. The van der Waals surface area contributed by atoms with Gasteiger partial charge in [0.1, 0.15) is 11.6 Å². The first-order valence-corrected chi connectivity index (χ1v) is 6.26. The van der Waals surface area contributed by atoms with Crippen molar-refractivity contribution in [3.63, 3.8) is 0 Å². The molecule has 2 heteroatoms. The average molecular weight is 206 g/mol. The lowest BCUT2D eigenvalue weighted by Gasteiger charge is -2.31. The molecule has 0 radical (unpaired) electrons. The normalized spacial score (nSPS) is 41.5. The van der Waals surface area contributed by atoms with Crippen LogP contribution in [0.1, 0.15) is 44.9 Å². The lowest BCUT2D eigenvalue weighted by Crippen LogP contribution is -2.30. The molecule has 3 unspecified atom stereocenters. The van der Waals surface area contributed by atoms with Crippen LogP contribution in [0.5, 0.6) is 0 Å². The maximum Gasteiger partial charge on any atom is 0.140 e. The van der Waals surface area contributed by atoms with Crippen molar-refractivity contribution < 1.29 is 9.59 Å². The van der Waals surface area contributed by atoms with Crippen LogP contribution in [0.25, 0.3) is 0 Å². The smallest absolute Gasteiger partial charge is 0.140 e. The summed E-state index contributed by atoms with van der Waals surface area (Å²) in [6.07, 6.45) is 7.04. The first-order chi connectivity index (χ1) is 7.22. The third-order valence-electron chi connectivity index (χ3n) is 4.77. The zero-order valence-corrected chi connectivity index (χ0v) is 9.08. The van der Waals surface area contributed by atoms with Crippen molar-refractivity contribution in [2.45, 2.75) is 44.9 Å². The van der Waals surface area contributed by atoms with Crippen molar-refractivity contribution in [1.29, 1.82) is 0 Å². The number of Topliss-reactive ketones (excluding diaryl/α,β-unsaturated/α-hetero) is 2. The highest BCUT2D eigenvalue weighted by Crippen LogP contribution is 2.52. The number of ketones is 2. The van der Waals surface area contributed by atoms with Crippen molar-refractivity contribution in [3.8, 4) is 0 Å². The number of carbonyl (C=O) groups is 2. The molecule has 3 aliphatic carbocycles. The molecular weight excluding hydrogens is 188 g/mol. The number of hydrogen-bond acceptors (Lipinski definition) is 2. The van der Waals surface area contributed by atoms with E-state index in [1.807, 2.05) is 0 Å². The van der Waals surface area contributed by atoms with Crippen LogP contribution in [0.2, 0.25) is 0 Å². The van der Waals surface area contributed by atoms with Gasteiger partial charge < -0.3 is 0 Å². The zero-order chi connectivity index (χ0) is 10.4. The van der Waals surface area contributed by atoms with Gasteiger partial charge in [-0.05, 0) is 42.9 Å². The van der Waals surface area contributed by atoms with E-state index in [0.29, 0.717) is 24.7 Å². The van der Waals surface area contributed by atoms with Gasteiger partial charge in [-0.3, -0.25) is 9.59 Å². The average Bonchev–Trinajstić information content (AvgIpc) is 2.76. The molecule has 3 aliphatic rings. The summed E-state index contributed by atoms with van der Waals surface area (Å²) in [5.41, 5.74) is 0.